The first-order valence-electron chi connectivity index (χ1n) is 6.48. The monoisotopic (exact) mass is 276 g/mol. The van der Waals surface area contributed by atoms with Gasteiger partial charge >= 0.3 is 0 Å². The van der Waals surface area contributed by atoms with Gasteiger partial charge in [0.2, 0.25) is 0 Å². The summed E-state index contributed by atoms with van der Waals surface area (Å²) in [5, 5.41) is 3.01. The molecule has 20 heavy (non-hydrogen) atoms. The fraction of sp³-hybridized carbons (Fsp3) is 0.250. The maximum atomic E-state index is 13.6. The summed E-state index contributed by atoms with van der Waals surface area (Å²) in [5.41, 5.74) is 2.68. The molecule has 0 saturated carbocycles. The number of nitrogens with one attached hydrogen (secondary N) is 1. The molecule has 0 aliphatic heterocycles. The van der Waals surface area contributed by atoms with Crippen molar-refractivity contribution in [2.45, 2.75) is 13.1 Å². The lowest BCUT2D eigenvalue weighted by atomic mass is 10.1. The SMILES string of the molecule is CNCc1cc(F)cc(N(C)Cc2ccc(F)cc2)c1. The lowest BCUT2D eigenvalue weighted by molar-refractivity contribution is 0.623. The van der Waals surface area contributed by atoms with E-state index in [0.29, 0.717) is 13.1 Å². The van der Waals surface area contributed by atoms with Gasteiger partial charge < -0.3 is 10.2 Å². The van der Waals surface area contributed by atoms with Crippen LogP contribution in [0, 0.1) is 11.6 Å². The first-order chi connectivity index (χ1) is 9.58. The maximum absolute atomic E-state index is 13.6. The number of halogens is 2. The molecule has 0 amide bonds. The molecule has 0 atom stereocenters. The van der Waals surface area contributed by atoms with Crippen LogP contribution >= 0.6 is 0 Å². The van der Waals surface area contributed by atoms with Gasteiger partial charge in [-0.15, -0.1) is 0 Å². The van der Waals surface area contributed by atoms with Crippen molar-refractivity contribution in [3.8, 4) is 0 Å². The Morgan fingerprint density at radius 3 is 2.30 bits per heavy atom. The van der Waals surface area contributed by atoms with Crippen LogP contribution in [0.4, 0.5) is 14.5 Å². The molecule has 2 aromatic carbocycles. The van der Waals surface area contributed by atoms with Gasteiger partial charge in [0.1, 0.15) is 11.6 Å². The van der Waals surface area contributed by atoms with Crippen LogP contribution in [0.25, 0.3) is 0 Å². The minimum atomic E-state index is -0.251. The minimum Gasteiger partial charge on any atom is -0.370 e. The Morgan fingerprint density at radius 2 is 1.65 bits per heavy atom. The Labute approximate surface area is 118 Å². The van der Waals surface area contributed by atoms with Crippen molar-refractivity contribution in [1.29, 1.82) is 0 Å². The predicted molar refractivity (Wildman–Crippen MR) is 77.7 cm³/mol. The van der Waals surface area contributed by atoms with Crippen LogP contribution in [0.5, 0.6) is 0 Å². The lowest BCUT2D eigenvalue weighted by Crippen LogP contribution is -2.17. The van der Waals surface area contributed by atoms with Crippen LogP contribution in [-0.4, -0.2) is 14.1 Å². The Kier molecular flexibility index (Phi) is 4.69. The fourth-order valence-electron chi connectivity index (χ4n) is 2.11. The summed E-state index contributed by atoms with van der Waals surface area (Å²) < 4.78 is 26.5. The molecule has 106 valence electrons. The highest BCUT2D eigenvalue weighted by Crippen LogP contribution is 2.19. The van der Waals surface area contributed by atoms with Crippen molar-refractivity contribution in [3.63, 3.8) is 0 Å². The van der Waals surface area contributed by atoms with Crippen LogP contribution in [0.3, 0.4) is 0 Å². The molecule has 2 rings (SSSR count). The van der Waals surface area contributed by atoms with Crippen molar-refractivity contribution in [3.05, 3.63) is 65.2 Å². The zero-order valence-electron chi connectivity index (χ0n) is 11.7. The van der Waals surface area contributed by atoms with Gasteiger partial charge in [-0.3, -0.25) is 0 Å². The Balaban J connectivity index is 2.15. The number of hydrogen-bond acceptors (Lipinski definition) is 2. The molecule has 2 nitrogen and oxygen atoms in total. The summed E-state index contributed by atoms with van der Waals surface area (Å²) in [7, 11) is 3.72. The van der Waals surface area contributed by atoms with Crippen LogP contribution in [0.15, 0.2) is 42.5 Å². The minimum absolute atomic E-state index is 0.251. The van der Waals surface area contributed by atoms with Crippen LogP contribution in [0.1, 0.15) is 11.1 Å². The molecule has 0 heterocycles. The predicted octanol–water partition coefficient (Wildman–Crippen LogP) is 3.32. The van der Waals surface area contributed by atoms with Crippen LogP contribution < -0.4 is 10.2 Å². The van der Waals surface area contributed by atoms with E-state index in [0.717, 1.165) is 16.8 Å². The molecule has 0 radical (unpaired) electrons. The Hall–Kier alpha value is -1.94. The zero-order chi connectivity index (χ0) is 14.5. The third kappa shape index (κ3) is 3.78. The van der Waals surface area contributed by atoms with Crippen LogP contribution in [0.2, 0.25) is 0 Å². The topological polar surface area (TPSA) is 15.3 Å². The second-order valence-corrected chi connectivity index (χ2v) is 4.83. The Morgan fingerprint density at radius 1 is 0.950 bits per heavy atom. The van der Waals surface area contributed by atoms with Gasteiger partial charge in [0.05, 0.1) is 0 Å². The first-order valence-corrected chi connectivity index (χ1v) is 6.48. The van der Waals surface area contributed by atoms with Crippen molar-refractivity contribution in [1.82, 2.24) is 5.32 Å². The molecular formula is C16H18F2N2. The highest BCUT2D eigenvalue weighted by atomic mass is 19.1. The van der Waals surface area contributed by atoms with E-state index in [2.05, 4.69) is 5.32 Å². The van der Waals surface area contributed by atoms with E-state index < -0.39 is 0 Å². The quantitative estimate of drug-likeness (QED) is 0.901. The molecule has 0 saturated heterocycles. The average molecular weight is 276 g/mol. The smallest absolute Gasteiger partial charge is 0.125 e. The number of benzene rings is 2. The normalized spacial score (nSPS) is 10.6. The van der Waals surface area contributed by atoms with E-state index in [1.807, 2.05) is 25.1 Å². The van der Waals surface area contributed by atoms with Crippen molar-refractivity contribution >= 4 is 5.69 Å². The standard InChI is InChI=1S/C16H18F2N2/c1-19-10-13-7-15(18)9-16(8-13)20(2)11-12-3-5-14(17)6-4-12/h3-9,19H,10-11H2,1-2H3. The second kappa shape index (κ2) is 6.48. The van der Waals surface area contributed by atoms with Crippen molar-refractivity contribution < 1.29 is 8.78 Å². The zero-order valence-corrected chi connectivity index (χ0v) is 11.7. The molecule has 2 aromatic rings. The molecular weight excluding hydrogens is 258 g/mol. The summed E-state index contributed by atoms with van der Waals surface area (Å²) in [6.07, 6.45) is 0. The van der Waals surface area contributed by atoms with E-state index in [-0.39, 0.29) is 11.6 Å². The van der Waals surface area contributed by atoms with Gasteiger partial charge in [-0.25, -0.2) is 8.78 Å². The van der Waals surface area contributed by atoms with Gasteiger partial charge in [0, 0.05) is 25.8 Å². The summed E-state index contributed by atoms with van der Waals surface area (Å²) in [6, 6.07) is 11.3. The molecule has 0 aliphatic rings. The van der Waals surface area contributed by atoms with Crippen molar-refractivity contribution in [2.24, 2.45) is 0 Å². The average Bonchev–Trinajstić information content (AvgIpc) is 2.41. The van der Waals surface area contributed by atoms with E-state index in [1.165, 1.54) is 24.3 Å². The van der Waals surface area contributed by atoms with Gasteiger partial charge in [0.25, 0.3) is 0 Å². The number of rotatable bonds is 5. The van der Waals surface area contributed by atoms with Gasteiger partial charge in [-0.05, 0) is 48.5 Å². The number of hydrogen-bond donors (Lipinski definition) is 1. The van der Waals surface area contributed by atoms with E-state index in [4.69, 9.17) is 0 Å². The third-order valence-electron chi connectivity index (χ3n) is 3.10. The first kappa shape index (κ1) is 14.5. The largest absolute Gasteiger partial charge is 0.370 e. The third-order valence-corrected chi connectivity index (χ3v) is 3.10. The van der Waals surface area contributed by atoms with E-state index in [9.17, 15) is 8.78 Å². The van der Waals surface area contributed by atoms with Crippen molar-refractivity contribution in [2.75, 3.05) is 19.0 Å². The van der Waals surface area contributed by atoms with E-state index in [1.54, 1.807) is 12.1 Å². The fourth-order valence-corrected chi connectivity index (χ4v) is 2.11. The molecule has 0 aromatic heterocycles. The summed E-state index contributed by atoms with van der Waals surface area (Å²) >= 11 is 0. The number of nitrogens with zero attached hydrogens (tertiary/aromatic N) is 1. The van der Waals surface area contributed by atoms with Gasteiger partial charge in [-0.1, -0.05) is 12.1 Å². The molecule has 0 bridgehead atoms. The molecule has 0 spiro atoms. The lowest BCUT2D eigenvalue weighted by Gasteiger charge is -2.20. The van der Waals surface area contributed by atoms with Gasteiger partial charge in [0.15, 0.2) is 0 Å². The molecule has 0 fully saturated rings. The van der Waals surface area contributed by atoms with E-state index >= 15 is 0 Å². The van der Waals surface area contributed by atoms with Crippen LogP contribution in [-0.2, 0) is 13.1 Å². The molecule has 0 aliphatic carbocycles. The second-order valence-electron chi connectivity index (χ2n) is 4.83. The summed E-state index contributed by atoms with van der Waals surface area (Å²) in [5.74, 6) is -0.503. The molecule has 0 unspecified atom stereocenters. The van der Waals surface area contributed by atoms with Gasteiger partial charge in [-0.2, -0.15) is 0 Å². The highest BCUT2D eigenvalue weighted by Gasteiger charge is 2.06. The molecule has 4 heteroatoms. The highest BCUT2D eigenvalue weighted by molar-refractivity contribution is 5.49. The molecule has 1 N–H and O–H groups in total. The Bertz CT molecular complexity index is 567. The summed E-state index contributed by atoms with van der Waals surface area (Å²) in [6.45, 7) is 1.22. The summed E-state index contributed by atoms with van der Waals surface area (Å²) in [4.78, 5) is 1.94. The number of anilines is 1. The maximum Gasteiger partial charge on any atom is 0.125 e.